The summed E-state index contributed by atoms with van der Waals surface area (Å²) in [6.07, 6.45) is -1.36. The predicted molar refractivity (Wildman–Crippen MR) is 112 cm³/mol. The summed E-state index contributed by atoms with van der Waals surface area (Å²) in [5.41, 5.74) is 7.53. The van der Waals surface area contributed by atoms with Crippen LogP contribution < -0.4 is 10.5 Å². The van der Waals surface area contributed by atoms with E-state index in [0.717, 1.165) is 12.1 Å². The van der Waals surface area contributed by atoms with E-state index in [1.54, 1.807) is 36.1 Å². The van der Waals surface area contributed by atoms with Gasteiger partial charge in [0.05, 0.1) is 45.7 Å². The Balaban J connectivity index is 1.53. The lowest BCUT2D eigenvalue weighted by atomic mass is 10.0. The Morgan fingerprint density at radius 3 is 2.81 bits per heavy atom. The van der Waals surface area contributed by atoms with Gasteiger partial charge < -0.3 is 15.4 Å². The SMILES string of the molecule is CN(C(=O)c1cc2c(cc1Cl)nc(N)c1cncn12)[C@@H]1COc2cc(C(F)(F)F)ccc21. The van der Waals surface area contributed by atoms with E-state index in [9.17, 15) is 18.0 Å². The van der Waals surface area contributed by atoms with E-state index in [2.05, 4.69) is 9.97 Å². The fraction of sp³-hybridized carbons (Fsp3) is 0.190. The molecule has 0 spiro atoms. The zero-order chi connectivity index (χ0) is 22.8. The van der Waals surface area contributed by atoms with E-state index < -0.39 is 23.7 Å². The molecule has 0 saturated heterocycles. The second-order valence-corrected chi connectivity index (χ2v) is 7.87. The van der Waals surface area contributed by atoms with Gasteiger partial charge in [-0.2, -0.15) is 13.2 Å². The van der Waals surface area contributed by atoms with Gasteiger partial charge >= 0.3 is 6.18 Å². The Bertz CT molecular complexity index is 1400. The second kappa shape index (κ2) is 6.99. The van der Waals surface area contributed by atoms with Crippen molar-refractivity contribution in [2.45, 2.75) is 12.2 Å². The van der Waals surface area contributed by atoms with E-state index in [1.807, 2.05) is 0 Å². The van der Waals surface area contributed by atoms with Crippen molar-refractivity contribution in [2.75, 3.05) is 19.4 Å². The molecule has 5 rings (SSSR count). The van der Waals surface area contributed by atoms with Crippen LogP contribution in [0.25, 0.3) is 16.6 Å². The first-order valence-corrected chi connectivity index (χ1v) is 9.85. The second-order valence-electron chi connectivity index (χ2n) is 7.46. The molecule has 0 saturated carbocycles. The number of carbonyl (C=O) groups is 1. The van der Waals surface area contributed by atoms with Gasteiger partial charge in [-0.1, -0.05) is 17.7 Å². The minimum atomic E-state index is -4.48. The van der Waals surface area contributed by atoms with Crippen LogP contribution in [-0.4, -0.2) is 38.8 Å². The summed E-state index contributed by atoms with van der Waals surface area (Å²) < 4.78 is 46.1. The van der Waals surface area contributed by atoms with Gasteiger partial charge in [0.2, 0.25) is 0 Å². The molecule has 164 valence electrons. The molecule has 0 aliphatic carbocycles. The molecular formula is C21H15ClF3N5O2. The van der Waals surface area contributed by atoms with Crippen LogP contribution in [0.1, 0.15) is 27.5 Å². The van der Waals surface area contributed by atoms with Crippen LogP contribution in [0, 0.1) is 0 Å². The van der Waals surface area contributed by atoms with Crippen molar-refractivity contribution in [1.29, 1.82) is 0 Å². The van der Waals surface area contributed by atoms with Crippen molar-refractivity contribution in [2.24, 2.45) is 0 Å². The smallest absolute Gasteiger partial charge is 0.416 e. The van der Waals surface area contributed by atoms with E-state index in [0.29, 0.717) is 22.1 Å². The Morgan fingerprint density at radius 1 is 1.28 bits per heavy atom. The van der Waals surface area contributed by atoms with Crippen molar-refractivity contribution in [3.8, 4) is 5.75 Å². The molecule has 7 nitrogen and oxygen atoms in total. The lowest BCUT2D eigenvalue weighted by Crippen LogP contribution is -2.32. The van der Waals surface area contributed by atoms with Crippen LogP contribution >= 0.6 is 11.6 Å². The number of nitrogens with two attached hydrogens (primary N) is 1. The Kier molecular flexibility index (Phi) is 4.45. The Hall–Kier alpha value is -3.53. The number of nitrogens with zero attached hydrogens (tertiary/aromatic N) is 4. The number of amides is 1. The van der Waals surface area contributed by atoms with Crippen LogP contribution in [0.4, 0.5) is 19.0 Å². The highest BCUT2D eigenvalue weighted by Crippen LogP contribution is 2.40. The number of likely N-dealkylation sites (N-methyl/N-ethyl adjacent to an activating group) is 1. The minimum absolute atomic E-state index is 0.0357. The molecule has 0 bridgehead atoms. The van der Waals surface area contributed by atoms with E-state index in [1.165, 1.54) is 11.0 Å². The van der Waals surface area contributed by atoms with Crippen molar-refractivity contribution >= 4 is 39.9 Å². The first kappa shape index (κ1) is 20.4. The number of aromatic nitrogens is 3. The molecule has 4 aromatic rings. The third-order valence-corrected chi connectivity index (χ3v) is 5.89. The number of alkyl halides is 3. The minimum Gasteiger partial charge on any atom is -0.491 e. The zero-order valence-electron chi connectivity index (χ0n) is 16.5. The van der Waals surface area contributed by atoms with Gasteiger partial charge in [-0.15, -0.1) is 0 Å². The summed E-state index contributed by atoms with van der Waals surface area (Å²) in [6, 6.07) is 5.84. The highest BCUT2D eigenvalue weighted by molar-refractivity contribution is 6.34. The fourth-order valence-electron chi connectivity index (χ4n) is 3.88. The van der Waals surface area contributed by atoms with Gasteiger partial charge in [0.1, 0.15) is 23.7 Å². The number of anilines is 1. The largest absolute Gasteiger partial charge is 0.491 e. The molecule has 0 radical (unpaired) electrons. The number of imidazole rings is 1. The van der Waals surface area contributed by atoms with E-state index in [-0.39, 0.29) is 28.8 Å². The summed E-state index contributed by atoms with van der Waals surface area (Å²) in [5, 5.41) is 0.173. The van der Waals surface area contributed by atoms with Crippen molar-refractivity contribution in [3.63, 3.8) is 0 Å². The summed E-state index contributed by atoms with van der Waals surface area (Å²) in [6.45, 7) is 0.0357. The Morgan fingerprint density at radius 2 is 2.06 bits per heavy atom. The number of hydrogen-bond donors (Lipinski definition) is 1. The molecule has 2 N–H and O–H groups in total. The van der Waals surface area contributed by atoms with E-state index in [4.69, 9.17) is 22.1 Å². The molecule has 2 aromatic heterocycles. The average Bonchev–Trinajstić information content (AvgIpc) is 3.39. The van der Waals surface area contributed by atoms with Crippen molar-refractivity contribution in [3.05, 3.63) is 64.6 Å². The lowest BCUT2D eigenvalue weighted by molar-refractivity contribution is -0.137. The maximum absolute atomic E-state index is 13.3. The zero-order valence-corrected chi connectivity index (χ0v) is 17.3. The Labute approximate surface area is 184 Å². The number of ether oxygens (including phenoxy) is 1. The monoisotopic (exact) mass is 461 g/mol. The van der Waals surface area contributed by atoms with Gasteiger partial charge in [0.25, 0.3) is 5.91 Å². The van der Waals surface area contributed by atoms with Gasteiger partial charge in [0.15, 0.2) is 0 Å². The van der Waals surface area contributed by atoms with Crippen LogP contribution in [-0.2, 0) is 6.18 Å². The quantitative estimate of drug-likeness (QED) is 0.480. The van der Waals surface area contributed by atoms with Crippen molar-refractivity contribution in [1.82, 2.24) is 19.3 Å². The molecule has 1 amide bonds. The first-order valence-electron chi connectivity index (χ1n) is 9.47. The molecule has 1 aliphatic rings. The van der Waals surface area contributed by atoms with Crippen LogP contribution in [0.3, 0.4) is 0 Å². The normalized spacial score (nSPS) is 15.7. The summed E-state index contributed by atoms with van der Waals surface area (Å²) in [4.78, 5) is 23.1. The fourth-order valence-corrected chi connectivity index (χ4v) is 4.12. The molecule has 0 fully saturated rings. The first-order chi connectivity index (χ1) is 15.1. The predicted octanol–water partition coefficient (Wildman–Crippen LogP) is 4.34. The molecule has 1 aliphatic heterocycles. The molecule has 2 aromatic carbocycles. The molecule has 32 heavy (non-hydrogen) atoms. The molecular weight excluding hydrogens is 447 g/mol. The van der Waals surface area contributed by atoms with Gasteiger partial charge in [-0.3, -0.25) is 9.20 Å². The summed E-state index contributed by atoms with van der Waals surface area (Å²) >= 11 is 6.39. The molecule has 1 atom stereocenters. The summed E-state index contributed by atoms with van der Waals surface area (Å²) in [5.74, 6) is -0.0302. The van der Waals surface area contributed by atoms with Gasteiger partial charge in [-0.25, -0.2) is 9.97 Å². The maximum atomic E-state index is 13.3. The summed E-state index contributed by atoms with van der Waals surface area (Å²) in [7, 11) is 1.55. The number of halogens is 4. The molecule has 3 heterocycles. The number of fused-ring (bicyclic) bond motifs is 4. The van der Waals surface area contributed by atoms with E-state index >= 15 is 0 Å². The highest BCUT2D eigenvalue weighted by atomic mass is 35.5. The van der Waals surface area contributed by atoms with Crippen LogP contribution in [0.2, 0.25) is 5.02 Å². The molecule has 11 heteroatoms. The third kappa shape index (κ3) is 3.10. The number of rotatable bonds is 2. The number of carbonyl (C=O) groups excluding carboxylic acids is 1. The number of benzene rings is 2. The standard InChI is InChI=1S/C21H15ClF3N5O2/c1-29(17-8-32-18-4-10(21(23,24)25)2-3-11(17)18)20(31)12-5-15-14(6-13(12)22)28-19(26)16-7-27-9-30(15)16/h2-7,9,17H,8H2,1H3,(H2,26,28)/t17-/m1/s1. The highest BCUT2D eigenvalue weighted by Gasteiger charge is 2.36. The van der Waals surface area contributed by atoms with Gasteiger partial charge in [0, 0.05) is 12.6 Å². The number of nitrogen functional groups attached to an aromatic ring is 1. The molecule has 0 unspecified atom stereocenters. The van der Waals surface area contributed by atoms with Crippen LogP contribution in [0.5, 0.6) is 5.75 Å². The van der Waals surface area contributed by atoms with Crippen LogP contribution in [0.15, 0.2) is 42.9 Å². The lowest BCUT2D eigenvalue weighted by Gasteiger charge is -2.24. The maximum Gasteiger partial charge on any atom is 0.416 e. The average molecular weight is 462 g/mol. The van der Waals surface area contributed by atoms with Crippen molar-refractivity contribution < 1.29 is 22.7 Å². The topological polar surface area (TPSA) is 85.8 Å². The number of hydrogen-bond acceptors (Lipinski definition) is 5. The van der Waals surface area contributed by atoms with Gasteiger partial charge in [-0.05, 0) is 24.3 Å². The third-order valence-electron chi connectivity index (χ3n) is 5.58.